The van der Waals surface area contributed by atoms with Crippen molar-refractivity contribution in [2.45, 2.75) is 0 Å². The molecule has 0 saturated heterocycles. The summed E-state index contributed by atoms with van der Waals surface area (Å²) in [6.07, 6.45) is 1.79. The maximum absolute atomic E-state index is 12.0. The van der Waals surface area contributed by atoms with Crippen molar-refractivity contribution in [1.82, 2.24) is 4.98 Å². The molecular formula is C13H9ClN2OS. The highest BCUT2D eigenvalue weighted by Gasteiger charge is 2.11. The summed E-state index contributed by atoms with van der Waals surface area (Å²) >= 11 is 7.08. The van der Waals surface area contributed by atoms with Gasteiger partial charge in [-0.1, -0.05) is 29.8 Å². The van der Waals surface area contributed by atoms with E-state index < -0.39 is 0 Å². The minimum absolute atomic E-state index is 0.142. The number of aromatic amines is 1. The van der Waals surface area contributed by atoms with E-state index in [0.717, 1.165) is 16.6 Å². The van der Waals surface area contributed by atoms with Crippen LogP contribution in [0.15, 0.2) is 42.6 Å². The van der Waals surface area contributed by atoms with Crippen molar-refractivity contribution >= 4 is 45.4 Å². The Morgan fingerprint density at radius 3 is 2.83 bits per heavy atom. The van der Waals surface area contributed by atoms with Crippen LogP contribution in [0.5, 0.6) is 0 Å². The van der Waals surface area contributed by atoms with Crippen LogP contribution in [-0.4, -0.2) is 10.9 Å². The van der Waals surface area contributed by atoms with E-state index in [1.165, 1.54) is 11.3 Å². The Morgan fingerprint density at radius 2 is 2.06 bits per heavy atom. The summed E-state index contributed by atoms with van der Waals surface area (Å²) < 4.78 is 0.610. The molecule has 0 fully saturated rings. The van der Waals surface area contributed by atoms with E-state index in [2.05, 4.69) is 10.3 Å². The Bertz CT molecular complexity index is 716. The molecule has 0 spiro atoms. The molecule has 3 aromatic rings. The van der Waals surface area contributed by atoms with Crippen LogP contribution < -0.4 is 5.32 Å². The number of carbonyl (C=O) groups is 1. The summed E-state index contributed by atoms with van der Waals surface area (Å²) in [5.41, 5.74) is 1.78. The Hall–Kier alpha value is -1.78. The molecule has 0 aliphatic heterocycles. The predicted molar refractivity (Wildman–Crippen MR) is 75.6 cm³/mol. The number of rotatable bonds is 2. The van der Waals surface area contributed by atoms with Crippen molar-refractivity contribution in [3.63, 3.8) is 0 Å². The lowest BCUT2D eigenvalue weighted by Gasteiger charge is -2.01. The quantitative estimate of drug-likeness (QED) is 0.726. The molecule has 3 rings (SSSR count). The number of H-pyrrole nitrogens is 1. The fraction of sp³-hybridized carbons (Fsp3) is 0. The molecule has 0 bridgehead atoms. The number of thiophene rings is 1. The van der Waals surface area contributed by atoms with Crippen molar-refractivity contribution in [2.75, 3.05) is 5.32 Å². The molecule has 0 saturated carbocycles. The standard InChI is InChI=1S/C13H9ClN2OS/c14-12-6-5-11(18-12)13(17)16-10-7-15-9-4-2-1-3-8(9)10/h1-7,15H,(H,16,17). The van der Waals surface area contributed by atoms with Crippen LogP contribution in [0.25, 0.3) is 10.9 Å². The highest BCUT2D eigenvalue weighted by atomic mass is 35.5. The molecule has 90 valence electrons. The Balaban J connectivity index is 1.90. The topological polar surface area (TPSA) is 44.9 Å². The van der Waals surface area contributed by atoms with Crippen LogP contribution in [-0.2, 0) is 0 Å². The SMILES string of the molecule is O=C(Nc1c[nH]c2ccccc12)c1ccc(Cl)s1. The zero-order valence-corrected chi connectivity index (χ0v) is 10.8. The van der Waals surface area contributed by atoms with Gasteiger partial charge in [0.05, 0.1) is 14.9 Å². The van der Waals surface area contributed by atoms with E-state index in [1.54, 1.807) is 18.3 Å². The molecule has 0 radical (unpaired) electrons. The average Bonchev–Trinajstić information content (AvgIpc) is 2.97. The van der Waals surface area contributed by atoms with Gasteiger partial charge in [0.2, 0.25) is 0 Å². The largest absolute Gasteiger partial charge is 0.359 e. The number of hydrogen-bond donors (Lipinski definition) is 2. The lowest BCUT2D eigenvalue weighted by molar-refractivity contribution is 0.103. The lowest BCUT2D eigenvalue weighted by Crippen LogP contribution is -2.09. The molecule has 3 nitrogen and oxygen atoms in total. The molecule has 0 atom stereocenters. The highest BCUT2D eigenvalue weighted by Crippen LogP contribution is 2.25. The van der Waals surface area contributed by atoms with E-state index in [9.17, 15) is 4.79 Å². The molecule has 0 aliphatic rings. The number of benzene rings is 1. The van der Waals surface area contributed by atoms with Gasteiger partial charge in [-0.2, -0.15) is 0 Å². The summed E-state index contributed by atoms with van der Waals surface area (Å²) in [4.78, 5) is 15.7. The van der Waals surface area contributed by atoms with Crippen LogP contribution in [0.3, 0.4) is 0 Å². The van der Waals surface area contributed by atoms with E-state index in [1.807, 2.05) is 24.3 Å². The van der Waals surface area contributed by atoms with Crippen molar-refractivity contribution in [2.24, 2.45) is 0 Å². The smallest absolute Gasteiger partial charge is 0.265 e. The van der Waals surface area contributed by atoms with Gasteiger partial charge in [0.25, 0.3) is 5.91 Å². The maximum Gasteiger partial charge on any atom is 0.265 e. The maximum atomic E-state index is 12.0. The number of anilines is 1. The van der Waals surface area contributed by atoms with Crippen LogP contribution >= 0.6 is 22.9 Å². The first-order valence-electron chi connectivity index (χ1n) is 5.37. The van der Waals surface area contributed by atoms with Gasteiger partial charge in [0.1, 0.15) is 0 Å². The summed E-state index contributed by atoms with van der Waals surface area (Å²) in [6.45, 7) is 0. The van der Waals surface area contributed by atoms with Crippen molar-refractivity contribution in [3.8, 4) is 0 Å². The minimum atomic E-state index is -0.142. The van der Waals surface area contributed by atoms with Crippen LogP contribution in [0, 0.1) is 0 Å². The van der Waals surface area contributed by atoms with Crippen molar-refractivity contribution < 1.29 is 4.79 Å². The van der Waals surface area contributed by atoms with Gasteiger partial charge in [0, 0.05) is 17.1 Å². The van der Waals surface area contributed by atoms with Crippen LogP contribution in [0.2, 0.25) is 4.34 Å². The number of hydrogen-bond acceptors (Lipinski definition) is 2. The minimum Gasteiger partial charge on any atom is -0.359 e. The molecule has 0 aliphatic carbocycles. The predicted octanol–water partition coefficient (Wildman–Crippen LogP) is 4.14. The number of fused-ring (bicyclic) bond motifs is 1. The van der Waals surface area contributed by atoms with E-state index in [4.69, 9.17) is 11.6 Å². The first kappa shape index (κ1) is 11.3. The summed E-state index contributed by atoms with van der Waals surface area (Å²) in [5, 5.41) is 3.87. The molecule has 18 heavy (non-hydrogen) atoms. The van der Waals surface area contributed by atoms with Crippen LogP contribution in [0.4, 0.5) is 5.69 Å². The van der Waals surface area contributed by atoms with Crippen molar-refractivity contribution in [1.29, 1.82) is 0 Å². The fourth-order valence-electron chi connectivity index (χ4n) is 1.80. The molecule has 2 heterocycles. The van der Waals surface area contributed by atoms with E-state index in [-0.39, 0.29) is 5.91 Å². The summed E-state index contributed by atoms with van der Waals surface area (Å²) in [6, 6.07) is 11.3. The third-order valence-electron chi connectivity index (χ3n) is 2.63. The molecule has 2 N–H and O–H groups in total. The van der Waals surface area contributed by atoms with Crippen molar-refractivity contribution in [3.05, 3.63) is 51.8 Å². The van der Waals surface area contributed by atoms with Gasteiger partial charge >= 0.3 is 0 Å². The third kappa shape index (κ3) is 2.00. The Morgan fingerprint density at radius 1 is 1.22 bits per heavy atom. The van der Waals surface area contributed by atoms with Gasteiger partial charge in [-0.3, -0.25) is 4.79 Å². The van der Waals surface area contributed by atoms with E-state index in [0.29, 0.717) is 9.21 Å². The van der Waals surface area contributed by atoms with Gasteiger partial charge in [0.15, 0.2) is 0 Å². The van der Waals surface area contributed by atoms with Gasteiger partial charge in [-0.05, 0) is 18.2 Å². The number of amides is 1. The molecule has 1 amide bonds. The second-order valence-corrected chi connectivity index (χ2v) is 5.52. The molecule has 0 unspecified atom stereocenters. The number of para-hydroxylation sites is 1. The second-order valence-electron chi connectivity index (χ2n) is 3.81. The first-order chi connectivity index (χ1) is 8.74. The molecule has 2 aromatic heterocycles. The van der Waals surface area contributed by atoms with Gasteiger partial charge in [-0.15, -0.1) is 11.3 Å². The number of halogens is 1. The zero-order valence-electron chi connectivity index (χ0n) is 9.24. The lowest BCUT2D eigenvalue weighted by atomic mass is 10.2. The second kappa shape index (κ2) is 4.48. The monoisotopic (exact) mass is 276 g/mol. The Kier molecular flexibility index (Phi) is 2.81. The van der Waals surface area contributed by atoms with Crippen LogP contribution in [0.1, 0.15) is 9.67 Å². The van der Waals surface area contributed by atoms with Gasteiger partial charge in [-0.25, -0.2) is 0 Å². The number of nitrogens with one attached hydrogen (secondary N) is 2. The third-order valence-corrected chi connectivity index (χ3v) is 3.86. The summed E-state index contributed by atoms with van der Waals surface area (Å²) in [5.74, 6) is -0.142. The number of carbonyl (C=O) groups excluding carboxylic acids is 1. The number of aromatic nitrogens is 1. The molecular weight excluding hydrogens is 268 g/mol. The fourth-order valence-corrected chi connectivity index (χ4v) is 2.73. The molecule has 1 aromatic carbocycles. The Labute approximate surface area is 112 Å². The zero-order chi connectivity index (χ0) is 12.5. The summed E-state index contributed by atoms with van der Waals surface area (Å²) in [7, 11) is 0. The van der Waals surface area contributed by atoms with Gasteiger partial charge < -0.3 is 10.3 Å². The highest BCUT2D eigenvalue weighted by molar-refractivity contribution is 7.18. The first-order valence-corrected chi connectivity index (χ1v) is 6.56. The average molecular weight is 277 g/mol. The van der Waals surface area contributed by atoms with E-state index >= 15 is 0 Å². The molecule has 5 heteroatoms. The normalized spacial score (nSPS) is 10.7.